The van der Waals surface area contributed by atoms with Crippen molar-refractivity contribution in [1.82, 2.24) is 0 Å². The van der Waals surface area contributed by atoms with E-state index in [0.29, 0.717) is 35.1 Å². The number of carbonyl (C=O) groups is 2. The molecule has 2 heterocycles. The van der Waals surface area contributed by atoms with Crippen molar-refractivity contribution in [2.75, 3.05) is 33.4 Å². The molecular formula is C20H20ClN3O4S. The van der Waals surface area contributed by atoms with Crippen LogP contribution in [-0.4, -0.2) is 39.1 Å². The van der Waals surface area contributed by atoms with Crippen LogP contribution in [0.4, 0.5) is 17.1 Å². The van der Waals surface area contributed by atoms with Crippen LogP contribution in [0.15, 0.2) is 48.5 Å². The van der Waals surface area contributed by atoms with E-state index >= 15 is 0 Å². The van der Waals surface area contributed by atoms with E-state index in [1.165, 1.54) is 4.31 Å². The van der Waals surface area contributed by atoms with Gasteiger partial charge in [0.1, 0.15) is 0 Å². The van der Waals surface area contributed by atoms with Crippen LogP contribution in [0.1, 0.15) is 12.8 Å². The molecule has 9 heteroatoms. The van der Waals surface area contributed by atoms with Gasteiger partial charge in [-0.05, 0) is 48.9 Å². The third-order valence-corrected chi connectivity index (χ3v) is 7.24. The molecule has 29 heavy (non-hydrogen) atoms. The molecule has 2 aromatic rings. The number of carbonyl (C=O) groups excluding carboxylic acids is 2. The molecular weight excluding hydrogens is 414 g/mol. The molecule has 1 N–H and O–H groups in total. The molecule has 0 aromatic heterocycles. The van der Waals surface area contributed by atoms with Gasteiger partial charge in [0.2, 0.25) is 21.8 Å². The van der Waals surface area contributed by atoms with E-state index in [-0.39, 0.29) is 30.5 Å². The number of nitrogens with zero attached hydrogens (tertiary/aromatic N) is 2. The minimum atomic E-state index is -3.24. The molecule has 1 unspecified atom stereocenters. The van der Waals surface area contributed by atoms with Crippen LogP contribution in [-0.2, 0) is 19.6 Å². The summed E-state index contributed by atoms with van der Waals surface area (Å²) in [5, 5.41) is 3.35. The molecule has 2 amide bonds. The Balaban J connectivity index is 1.41. The molecule has 0 aliphatic carbocycles. The molecule has 2 aromatic carbocycles. The lowest BCUT2D eigenvalue weighted by atomic mass is 10.1. The predicted molar refractivity (Wildman–Crippen MR) is 113 cm³/mol. The van der Waals surface area contributed by atoms with Crippen molar-refractivity contribution in [3.8, 4) is 0 Å². The van der Waals surface area contributed by atoms with Gasteiger partial charge in [0, 0.05) is 35.9 Å². The SMILES string of the molecule is O=C(Nc1ccc(N2CCCS2(=O)=O)cc1)C1CC(=O)N(c2cccc(Cl)c2)C1. The Morgan fingerprint density at radius 2 is 1.86 bits per heavy atom. The number of hydrogen-bond acceptors (Lipinski definition) is 4. The summed E-state index contributed by atoms with van der Waals surface area (Å²) >= 11 is 6.00. The van der Waals surface area contributed by atoms with Gasteiger partial charge in [0.15, 0.2) is 0 Å². The largest absolute Gasteiger partial charge is 0.326 e. The average molecular weight is 434 g/mol. The van der Waals surface area contributed by atoms with Gasteiger partial charge in [0.05, 0.1) is 17.4 Å². The fourth-order valence-corrected chi connectivity index (χ4v) is 5.41. The summed E-state index contributed by atoms with van der Waals surface area (Å²) in [6, 6.07) is 13.7. The van der Waals surface area contributed by atoms with E-state index in [1.54, 1.807) is 53.4 Å². The van der Waals surface area contributed by atoms with Crippen LogP contribution in [0.3, 0.4) is 0 Å². The minimum Gasteiger partial charge on any atom is -0.326 e. The minimum absolute atomic E-state index is 0.123. The van der Waals surface area contributed by atoms with Gasteiger partial charge in [-0.3, -0.25) is 13.9 Å². The smallest absolute Gasteiger partial charge is 0.235 e. The highest BCUT2D eigenvalue weighted by Crippen LogP contribution is 2.29. The summed E-state index contributed by atoms with van der Waals surface area (Å²) in [6.45, 7) is 0.757. The topological polar surface area (TPSA) is 86.8 Å². The second-order valence-electron chi connectivity index (χ2n) is 7.16. The number of nitrogens with one attached hydrogen (secondary N) is 1. The second-order valence-corrected chi connectivity index (χ2v) is 9.61. The Morgan fingerprint density at radius 1 is 1.10 bits per heavy atom. The van der Waals surface area contributed by atoms with Crippen molar-refractivity contribution in [3.63, 3.8) is 0 Å². The van der Waals surface area contributed by atoms with Crippen LogP contribution in [0.2, 0.25) is 5.02 Å². The van der Waals surface area contributed by atoms with E-state index in [0.717, 1.165) is 0 Å². The first-order chi connectivity index (χ1) is 13.8. The van der Waals surface area contributed by atoms with Gasteiger partial charge in [-0.25, -0.2) is 8.42 Å². The third kappa shape index (κ3) is 4.09. The zero-order chi connectivity index (χ0) is 20.6. The molecule has 2 fully saturated rings. The Bertz CT molecular complexity index is 1060. The quantitative estimate of drug-likeness (QED) is 0.803. The lowest BCUT2D eigenvalue weighted by Gasteiger charge is -2.18. The molecule has 2 aliphatic rings. The standard InChI is InChI=1S/C20H20ClN3O4S/c21-15-3-1-4-18(12-15)23-13-14(11-19(23)25)20(26)22-16-5-7-17(8-6-16)24-9-2-10-29(24,27)28/h1,3-8,12,14H,2,9-11,13H2,(H,22,26). The monoisotopic (exact) mass is 433 g/mol. The van der Waals surface area contributed by atoms with Crippen LogP contribution < -0.4 is 14.5 Å². The van der Waals surface area contributed by atoms with Crippen molar-refractivity contribution in [2.45, 2.75) is 12.8 Å². The van der Waals surface area contributed by atoms with E-state index < -0.39 is 15.9 Å². The van der Waals surface area contributed by atoms with Gasteiger partial charge >= 0.3 is 0 Å². The summed E-state index contributed by atoms with van der Waals surface area (Å²) in [5.74, 6) is -0.684. The number of rotatable bonds is 4. The summed E-state index contributed by atoms with van der Waals surface area (Å²) in [7, 11) is -3.24. The molecule has 0 radical (unpaired) electrons. The van der Waals surface area contributed by atoms with Gasteiger partial charge in [0.25, 0.3) is 0 Å². The van der Waals surface area contributed by atoms with Crippen LogP contribution in [0.5, 0.6) is 0 Å². The van der Waals surface area contributed by atoms with Crippen LogP contribution in [0, 0.1) is 5.92 Å². The first-order valence-corrected chi connectivity index (χ1v) is 11.3. The molecule has 0 bridgehead atoms. The normalized spacial score (nSPS) is 20.9. The van der Waals surface area contributed by atoms with Crippen LogP contribution in [0.25, 0.3) is 0 Å². The van der Waals surface area contributed by atoms with E-state index in [2.05, 4.69) is 5.32 Å². The molecule has 2 saturated heterocycles. The molecule has 0 saturated carbocycles. The Morgan fingerprint density at radius 3 is 2.52 bits per heavy atom. The van der Waals surface area contributed by atoms with Crippen molar-refractivity contribution in [2.24, 2.45) is 5.92 Å². The van der Waals surface area contributed by atoms with E-state index in [1.807, 2.05) is 0 Å². The Kier molecular flexibility index (Phi) is 5.23. The predicted octanol–water partition coefficient (Wildman–Crippen LogP) is 2.87. The lowest BCUT2D eigenvalue weighted by molar-refractivity contribution is -0.122. The van der Waals surface area contributed by atoms with E-state index in [9.17, 15) is 18.0 Å². The highest BCUT2D eigenvalue weighted by Gasteiger charge is 2.35. The number of benzene rings is 2. The van der Waals surface area contributed by atoms with Crippen molar-refractivity contribution in [3.05, 3.63) is 53.6 Å². The molecule has 1 atom stereocenters. The Hall–Kier alpha value is -2.58. The maximum absolute atomic E-state index is 12.6. The molecule has 7 nitrogen and oxygen atoms in total. The number of halogens is 1. The number of sulfonamides is 1. The third-order valence-electron chi connectivity index (χ3n) is 5.14. The highest BCUT2D eigenvalue weighted by molar-refractivity contribution is 7.93. The van der Waals surface area contributed by atoms with Gasteiger partial charge in [-0.15, -0.1) is 0 Å². The summed E-state index contributed by atoms with van der Waals surface area (Å²) in [6.07, 6.45) is 0.738. The summed E-state index contributed by atoms with van der Waals surface area (Å²) in [4.78, 5) is 26.5. The van der Waals surface area contributed by atoms with Crippen molar-refractivity contribution >= 4 is 50.5 Å². The van der Waals surface area contributed by atoms with Gasteiger partial charge in [-0.2, -0.15) is 0 Å². The molecule has 152 valence electrons. The summed E-state index contributed by atoms with van der Waals surface area (Å²) < 4.78 is 25.4. The number of anilines is 3. The fourth-order valence-electron chi connectivity index (χ4n) is 3.66. The van der Waals surface area contributed by atoms with E-state index in [4.69, 9.17) is 11.6 Å². The fraction of sp³-hybridized carbons (Fsp3) is 0.300. The molecule has 0 spiro atoms. The molecule has 2 aliphatic heterocycles. The maximum Gasteiger partial charge on any atom is 0.235 e. The Labute approximate surface area is 174 Å². The number of amides is 2. The first kappa shape index (κ1) is 19.7. The second kappa shape index (κ2) is 7.68. The summed E-state index contributed by atoms with van der Waals surface area (Å²) in [5.41, 5.74) is 1.82. The highest BCUT2D eigenvalue weighted by atomic mass is 35.5. The van der Waals surface area contributed by atoms with Crippen molar-refractivity contribution < 1.29 is 18.0 Å². The zero-order valence-corrected chi connectivity index (χ0v) is 17.1. The van der Waals surface area contributed by atoms with Crippen molar-refractivity contribution in [1.29, 1.82) is 0 Å². The van der Waals surface area contributed by atoms with Gasteiger partial charge in [-0.1, -0.05) is 17.7 Å². The zero-order valence-electron chi connectivity index (χ0n) is 15.5. The number of hydrogen-bond donors (Lipinski definition) is 1. The lowest BCUT2D eigenvalue weighted by Crippen LogP contribution is -2.28. The van der Waals surface area contributed by atoms with Crippen LogP contribution >= 0.6 is 11.6 Å². The maximum atomic E-state index is 12.6. The van der Waals surface area contributed by atoms with Gasteiger partial charge < -0.3 is 10.2 Å². The first-order valence-electron chi connectivity index (χ1n) is 9.31. The molecule has 4 rings (SSSR count). The average Bonchev–Trinajstić information content (AvgIpc) is 3.24.